The van der Waals surface area contributed by atoms with Crippen molar-refractivity contribution in [1.29, 1.82) is 0 Å². The monoisotopic (exact) mass is 340 g/mol. The van der Waals surface area contributed by atoms with Gasteiger partial charge in [-0.1, -0.05) is 6.92 Å². The molecule has 0 heterocycles. The highest BCUT2D eigenvalue weighted by molar-refractivity contribution is 8.13. The fourth-order valence-corrected chi connectivity index (χ4v) is 2.95. The zero-order chi connectivity index (χ0) is 15.9. The first-order valence-corrected chi connectivity index (χ1v) is 7.35. The molecule has 20 heavy (non-hydrogen) atoms. The van der Waals surface area contributed by atoms with Crippen molar-refractivity contribution in [3.8, 4) is 0 Å². The van der Waals surface area contributed by atoms with Crippen LogP contribution in [0, 0.1) is 0 Å². The first-order valence-electron chi connectivity index (χ1n) is 5.04. The fourth-order valence-electron chi connectivity index (χ4n) is 1.58. The van der Waals surface area contributed by atoms with E-state index in [4.69, 9.17) is 10.7 Å². The molecule has 0 saturated carbocycles. The average Bonchev–Trinajstić information content (AvgIpc) is 2.23. The van der Waals surface area contributed by atoms with Crippen molar-refractivity contribution in [3.05, 3.63) is 28.8 Å². The molecule has 0 radical (unpaired) electrons. The maximum absolute atomic E-state index is 12.8. The van der Waals surface area contributed by atoms with E-state index in [0.717, 1.165) is 0 Å². The van der Waals surface area contributed by atoms with Gasteiger partial charge in [0.15, 0.2) is 0 Å². The van der Waals surface area contributed by atoms with E-state index in [0.29, 0.717) is 12.1 Å². The second-order valence-electron chi connectivity index (χ2n) is 3.81. The molecule has 1 aromatic rings. The van der Waals surface area contributed by atoms with Crippen LogP contribution in [-0.2, 0) is 27.8 Å². The summed E-state index contributed by atoms with van der Waals surface area (Å²) in [6, 6.07) is 0.703. The summed E-state index contributed by atoms with van der Waals surface area (Å²) in [7, 11) is -0.474. The smallest absolute Gasteiger partial charge is 0.207 e. The Kier molecular flexibility index (Phi) is 4.36. The van der Waals surface area contributed by atoms with E-state index in [9.17, 15) is 34.8 Å². The van der Waals surface area contributed by atoms with E-state index >= 15 is 0 Å². The van der Waals surface area contributed by atoms with Gasteiger partial charge in [0.1, 0.15) is 4.90 Å². The standard InChI is InChI=1S/C10H7ClF6O2S/c1-2-5-3-6(9(12,13)14)8(20(11,18)19)7(4-5)10(15,16)17/h3-4H,2H2,1H3. The molecule has 0 saturated heterocycles. The molecule has 0 aliphatic carbocycles. The molecule has 0 bridgehead atoms. The number of hydrogen-bond donors (Lipinski definition) is 0. The molecule has 10 heteroatoms. The van der Waals surface area contributed by atoms with Gasteiger partial charge in [-0.3, -0.25) is 0 Å². The van der Waals surface area contributed by atoms with Crippen molar-refractivity contribution in [2.75, 3.05) is 0 Å². The normalized spacial score (nSPS) is 13.6. The van der Waals surface area contributed by atoms with Crippen LogP contribution in [-0.4, -0.2) is 8.42 Å². The maximum Gasteiger partial charge on any atom is 0.417 e. The fraction of sp³-hybridized carbons (Fsp3) is 0.400. The number of alkyl halides is 6. The van der Waals surface area contributed by atoms with E-state index < -0.39 is 37.4 Å². The molecule has 0 aliphatic rings. The molecule has 2 nitrogen and oxygen atoms in total. The third-order valence-corrected chi connectivity index (χ3v) is 3.80. The predicted molar refractivity (Wildman–Crippen MR) is 58.9 cm³/mol. The van der Waals surface area contributed by atoms with E-state index in [1.807, 2.05) is 0 Å². The van der Waals surface area contributed by atoms with Crippen molar-refractivity contribution < 1.29 is 34.8 Å². The molecule has 1 rings (SSSR count). The first-order chi connectivity index (χ1) is 8.78. The van der Waals surface area contributed by atoms with Crippen LogP contribution in [0.4, 0.5) is 26.3 Å². The van der Waals surface area contributed by atoms with Gasteiger partial charge in [-0.15, -0.1) is 0 Å². The summed E-state index contributed by atoms with van der Waals surface area (Å²) in [5.74, 6) is 0. The minimum Gasteiger partial charge on any atom is -0.207 e. The lowest BCUT2D eigenvalue weighted by molar-refractivity contribution is -0.147. The zero-order valence-electron chi connectivity index (χ0n) is 9.73. The summed E-state index contributed by atoms with van der Waals surface area (Å²) in [5, 5.41) is 0. The summed E-state index contributed by atoms with van der Waals surface area (Å²) in [4.78, 5) is -1.96. The predicted octanol–water partition coefficient (Wildman–Crippen LogP) is 4.21. The largest absolute Gasteiger partial charge is 0.417 e. The lowest BCUT2D eigenvalue weighted by atomic mass is 10.0. The van der Waals surface area contributed by atoms with Crippen molar-refractivity contribution >= 4 is 19.7 Å². The lowest BCUT2D eigenvalue weighted by Gasteiger charge is -2.18. The molecular formula is C10H7ClF6O2S. The molecule has 1 aromatic carbocycles. The minimum atomic E-state index is -5.28. The second kappa shape index (κ2) is 5.10. The van der Waals surface area contributed by atoms with Crippen LogP contribution in [0.5, 0.6) is 0 Å². The number of hydrogen-bond acceptors (Lipinski definition) is 2. The Hall–Kier alpha value is -0.960. The Morgan fingerprint density at radius 1 is 1.00 bits per heavy atom. The molecule has 0 aromatic heterocycles. The SMILES string of the molecule is CCc1cc(C(F)(F)F)c(S(=O)(=O)Cl)c(C(F)(F)F)c1. The van der Waals surface area contributed by atoms with E-state index in [-0.39, 0.29) is 12.0 Å². The summed E-state index contributed by atoms with van der Waals surface area (Å²) < 4.78 is 98.9. The number of rotatable bonds is 2. The highest BCUT2D eigenvalue weighted by Crippen LogP contribution is 2.43. The molecular weight excluding hydrogens is 334 g/mol. The van der Waals surface area contributed by atoms with Crippen molar-refractivity contribution in [2.45, 2.75) is 30.6 Å². The van der Waals surface area contributed by atoms with Crippen molar-refractivity contribution in [2.24, 2.45) is 0 Å². The Bertz CT molecular complexity index is 583. The molecule has 0 N–H and O–H groups in total. The highest BCUT2D eigenvalue weighted by atomic mass is 35.7. The molecule has 0 amide bonds. The summed E-state index contributed by atoms with van der Waals surface area (Å²) in [6.07, 6.45) is -10.7. The van der Waals surface area contributed by atoms with Crippen LogP contribution >= 0.6 is 10.7 Å². The Balaban J connectivity index is 3.93. The summed E-state index contributed by atoms with van der Waals surface area (Å²) in [5.41, 5.74) is -4.13. The van der Waals surface area contributed by atoms with Gasteiger partial charge in [0.2, 0.25) is 0 Å². The lowest BCUT2D eigenvalue weighted by Crippen LogP contribution is -2.18. The molecule has 114 valence electrons. The zero-order valence-corrected chi connectivity index (χ0v) is 11.3. The third-order valence-electron chi connectivity index (χ3n) is 2.41. The molecule has 0 atom stereocenters. The quantitative estimate of drug-likeness (QED) is 0.597. The third kappa shape index (κ3) is 3.57. The van der Waals surface area contributed by atoms with Gasteiger partial charge >= 0.3 is 12.4 Å². The summed E-state index contributed by atoms with van der Waals surface area (Å²) >= 11 is 0. The van der Waals surface area contributed by atoms with Gasteiger partial charge in [0.25, 0.3) is 9.05 Å². The van der Waals surface area contributed by atoms with Crippen molar-refractivity contribution in [3.63, 3.8) is 0 Å². The minimum absolute atomic E-state index is 0.130. The number of benzene rings is 1. The van der Waals surface area contributed by atoms with E-state index in [1.165, 1.54) is 6.92 Å². The number of halogens is 7. The molecule has 0 fully saturated rings. The summed E-state index contributed by atoms with van der Waals surface area (Å²) in [6.45, 7) is 1.34. The van der Waals surface area contributed by atoms with E-state index in [1.54, 1.807) is 0 Å². The number of aryl methyl sites for hydroxylation is 1. The topological polar surface area (TPSA) is 34.1 Å². The van der Waals surface area contributed by atoms with Gasteiger partial charge in [0, 0.05) is 10.7 Å². The van der Waals surface area contributed by atoms with Crippen LogP contribution in [0.2, 0.25) is 0 Å². The second-order valence-corrected chi connectivity index (χ2v) is 6.31. The van der Waals surface area contributed by atoms with Crippen LogP contribution < -0.4 is 0 Å². The van der Waals surface area contributed by atoms with Gasteiger partial charge in [-0.25, -0.2) is 8.42 Å². The van der Waals surface area contributed by atoms with Crippen LogP contribution in [0.3, 0.4) is 0 Å². The van der Waals surface area contributed by atoms with Crippen molar-refractivity contribution in [1.82, 2.24) is 0 Å². The Morgan fingerprint density at radius 2 is 1.35 bits per heavy atom. The average molecular weight is 341 g/mol. The van der Waals surface area contributed by atoms with Crippen LogP contribution in [0.1, 0.15) is 23.6 Å². The highest BCUT2D eigenvalue weighted by Gasteiger charge is 2.45. The Labute approximate surface area is 114 Å². The van der Waals surface area contributed by atoms with Crippen LogP contribution in [0.25, 0.3) is 0 Å². The van der Waals surface area contributed by atoms with Gasteiger partial charge in [-0.05, 0) is 24.1 Å². The van der Waals surface area contributed by atoms with E-state index in [2.05, 4.69) is 0 Å². The van der Waals surface area contributed by atoms with Gasteiger partial charge in [0.05, 0.1) is 11.1 Å². The Morgan fingerprint density at radius 3 is 1.55 bits per heavy atom. The molecule has 0 aliphatic heterocycles. The molecule has 0 spiro atoms. The van der Waals surface area contributed by atoms with Gasteiger partial charge in [-0.2, -0.15) is 26.3 Å². The maximum atomic E-state index is 12.8. The first kappa shape index (κ1) is 17.1. The van der Waals surface area contributed by atoms with Gasteiger partial charge < -0.3 is 0 Å². The van der Waals surface area contributed by atoms with Crippen LogP contribution in [0.15, 0.2) is 17.0 Å². The molecule has 0 unspecified atom stereocenters.